The molecule has 0 aliphatic rings. The van der Waals surface area contributed by atoms with E-state index >= 15 is 0 Å². The van der Waals surface area contributed by atoms with E-state index < -0.39 is 10.0 Å². The van der Waals surface area contributed by atoms with Crippen LogP contribution < -0.4 is 10.0 Å². The monoisotopic (exact) mass is 358 g/mol. The molecule has 0 atom stereocenters. The van der Waals surface area contributed by atoms with E-state index in [0.29, 0.717) is 5.69 Å². The van der Waals surface area contributed by atoms with Crippen LogP contribution in [0.4, 0.5) is 5.69 Å². The van der Waals surface area contributed by atoms with Crippen molar-refractivity contribution in [2.45, 2.75) is 31.7 Å². The van der Waals surface area contributed by atoms with Crippen molar-refractivity contribution in [2.75, 3.05) is 5.32 Å². The Bertz CT molecular complexity index is 870. The maximum atomic E-state index is 12.1. The van der Waals surface area contributed by atoms with E-state index in [9.17, 15) is 13.2 Å². The number of sulfonamides is 1. The molecule has 1 amide bonds. The largest absolute Gasteiger partial charge is 0.323 e. The van der Waals surface area contributed by atoms with Gasteiger partial charge in [0, 0.05) is 17.8 Å². The van der Waals surface area contributed by atoms with Crippen molar-refractivity contribution in [1.82, 2.24) is 4.72 Å². The minimum Gasteiger partial charge on any atom is -0.323 e. The van der Waals surface area contributed by atoms with Gasteiger partial charge in [-0.1, -0.05) is 29.8 Å². The molecule has 5 nitrogen and oxygen atoms in total. The lowest BCUT2D eigenvalue weighted by Crippen LogP contribution is -2.30. The van der Waals surface area contributed by atoms with Crippen molar-refractivity contribution in [3.63, 3.8) is 0 Å². The van der Waals surface area contributed by atoms with E-state index in [2.05, 4.69) is 10.0 Å². The van der Waals surface area contributed by atoms with Crippen molar-refractivity contribution in [1.29, 1.82) is 0 Å². The number of hydrogen-bond acceptors (Lipinski definition) is 3. The highest BCUT2D eigenvalue weighted by atomic mass is 32.2. The van der Waals surface area contributed by atoms with Crippen LogP contribution in [0.3, 0.4) is 0 Å². The number of aryl methyl sites for hydroxylation is 1. The smallest absolute Gasteiger partial charge is 0.248 e. The molecule has 25 heavy (non-hydrogen) atoms. The van der Waals surface area contributed by atoms with Crippen molar-refractivity contribution in [3.8, 4) is 0 Å². The summed E-state index contributed by atoms with van der Waals surface area (Å²) >= 11 is 0. The highest BCUT2D eigenvalue weighted by Crippen LogP contribution is 2.14. The molecule has 0 aromatic heterocycles. The Hall–Kier alpha value is -2.44. The molecule has 2 aromatic carbocycles. The summed E-state index contributed by atoms with van der Waals surface area (Å²) in [4.78, 5) is 12.1. The SMILES string of the molecule is Cc1cccc(C=CC(=O)Nc2ccc(S(=O)(=O)NC(C)C)cc2)c1. The molecule has 2 rings (SSSR count). The number of amides is 1. The van der Waals surface area contributed by atoms with Gasteiger partial charge in [-0.15, -0.1) is 0 Å². The number of rotatable bonds is 6. The molecule has 0 bridgehead atoms. The van der Waals surface area contributed by atoms with E-state index in [4.69, 9.17) is 0 Å². The average Bonchev–Trinajstić information content (AvgIpc) is 2.52. The van der Waals surface area contributed by atoms with E-state index in [-0.39, 0.29) is 16.8 Å². The second-order valence-corrected chi connectivity index (χ2v) is 7.75. The van der Waals surface area contributed by atoms with Gasteiger partial charge in [-0.05, 0) is 56.7 Å². The third kappa shape index (κ3) is 5.85. The summed E-state index contributed by atoms with van der Waals surface area (Å²) in [6.07, 6.45) is 3.17. The summed E-state index contributed by atoms with van der Waals surface area (Å²) in [5, 5.41) is 2.71. The number of nitrogens with one attached hydrogen (secondary N) is 2. The lowest BCUT2D eigenvalue weighted by atomic mass is 10.1. The minimum atomic E-state index is -3.53. The van der Waals surface area contributed by atoms with Crippen LogP contribution in [0.1, 0.15) is 25.0 Å². The van der Waals surface area contributed by atoms with Crippen molar-refractivity contribution in [3.05, 3.63) is 65.7 Å². The van der Waals surface area contributed by atoms with Gasteiger partial charge in [0.15, 0.2) is 0 Å². The fourth-order valence-electron chi connectivity index (χ4n) is 2.23. The maximum Gasteiger partial charge on any atom is 0.248 e. The third-order valence-corrected chi connectivity index (χ3v) is 4.97. The van der Waals surface area contributed by atoms with Crippen LogP contribution in [0, 0.1) is 6.92 Å². The molecule has 0 heterocycles. The number of anilines is 1. The maximum absolute atomic E-state index is 12.1. The second kappa shape index (κ2) is 8.09. The van der Waals surface area contributed by atoms with Crippen LogP contribution in [0.5, 0.6) is 0 Å². The summed E-state index contributed by atoms with van der Waals surface area (Å²) in [5.74, 6) is -0.280. The quantitative estimate of drug-likeness (QED) is 0.778. The highest BCUT2D eigenvalue weighted by molar-refractivity contribution is 7.89. The summed E-state index contributed by atoms with van der Waals surface area (Å²) in [7, 11) is -3.53. The summed E-state index contributed by atoms with van der Waals surface area (Å²) in [5.41, 5.74) is 2.59. The zero-order valence-corrected chi connectivity index (χ0v) is 15.3. The fourth-order valence-corrected chi connectivity index (χ4v) is 3.48. The Balaban J connectivity index is 2.02. The first-order chi connectivity index (χ1) is 11.8. The summed E-state index contributed by atoms with van der Waals surface area (Å²) < 4.78 is 26.6. The molecule has 132 valence electrons. The predicted octanol–water partition coefficient (Wildman–Crippen LogP) is 3.33. The van der Waals surface area contributed by atoms with E-state index in [1.807, 2.05) is 31.2 Å². The van der Waals surface area contributed by atoms with Crippen molar-refractivity contribution < 1.29 is 13.2 Å². The van der Waals surface area contributed by atoms with Crippen LogP contribution in [-0.4, -0.2) is 20.4 Å². The Labute approximate surface area is 148 Å². The third-order valence-electron chi connectivity index (χ3n) is 3.29. The lowest BCUT2D eigenvalue weighted by molar-refractivity contribution is -0.111. The molecule has 0 saturated carbocycles. The standard InChI is InChI=1S/C19H22N2O3S/c1-14(2)21-25(23,24)18-10-8-17(9-11-18)20-19(22)12-7-16-6-4-5-15(3)13-16/h4-14,21H,1-3H3,(H,20,22). The molecule has 0 spiro atoms. The molecule has 6 heteroatoms. The molecule has 0 aliphatic heterocycles. The zero-order valence-electron chi connectivity index (χ0n) is 14.5. The Morgan fingerprint density at radius 2 is 1.76 bits per heavy atom. The van der Waals surface area contributed by atoms with Gasteiger partial charge in [-0.25, -0.2) is 13.1 Å². The first kappa shape index (κ1) is 18.9. The van der Waals surface area contributed by atoms with Gasteiger partial charge in [0.25, 0.3) is 0 Å². The fraction of sp³-hybridized carbons (Fsp3) is 0.211. The Morgan fingerprint density at radius 3 is 2.36 bits per heavy atom. The lowest BCUT2D eigenvalue weighted by Gasteiger charge is -2.10. The molecule has 2 aromatic rings. The van der Waals surface area contributed by atoms with Gasteiger partial charge < -0.3 is 5.32 Å². The van der Waals surface area contributed by atoms with Crippen LogP contribution in [0.15, 0.2) is 59.5 Å². The zero-order chi connectivity index (χ0) is 18.4. The van der Waals surface area contributed by atoms with Crippen LogP contribution in [0.25, 0.3) is 6.08 Å². The number of carbonyl (C=O) groups excluding carboxylic acids is 1. The first-order valence-electron chi connectivity index (χ1n) is 7.94. The first-order valence-corrected chi connectivity index (χ1v) is 9.43. The van der Waals surface area contributed by atoms with E-state index in [1.165, 1.54) is 18.2 Å². The van der Waals surface area contributed by atoms with E-state index in [0.717, 1.165) is 11.1 Å². The molecule has 2 N–H and O–H groups in total. The van der Waals surface area contributed by atoms with E-state index in [1.54, 1.807) is 32.1 Å². The molecule has 0 fully saturated rings. The molecular formula is C19H22N2O3S. The van der Waals surface area contributed by atoms with Crippen LogP contribution in [0.2, 0.25) is 0 Å². The van der Waals surface area contributed by atoms with Crippen LogP contribution >= 0.6 is 0 Å². The predicted molar refractivity (Wildman–Crippen MR) is 101 cm³/mol. The summed E-state index contributed by atoms with van der Waals surface area (Å²) in [6, 6.07) is 13.7. The van der Waals surface area contributed by atoms with Crippen molar-refractivity contribution >= 4 is 27.7 Å². The van der Waals surface area contributed by atoms with Crippen molar-refractivity contribution in [2.24, 2.45) is 0 Å². The van der Waals surface area contributed by atoms with Gasteiger partial charge in [0.05, 0.1) is 4.90 Å². The van der Waals surface area contributed by atoms with Gasteiger partial charge in [0.2, 0.25) is 15.9 Å². The number of carbonyl (C=O) groups is 1. The molecule has 0 saturated heterocycles. The minimum absolute atomic E-state index is 0.162. The summed E-state index contributed by atoms with van der Waals surface area (Å²) in [6.45, 7) is 5.50. The topological polar surface area (TPSA) is 75.3 Å². The number of hydrogen-bond donors (Lipinski definition) is 2. The van der Waals surface area contributed by atoms with Gasteiger partial charge in [-0.2, -0.15) is 0 Å². The molecule has 0 unspecified atom stereocenters. The molecule has 0 aliphatic carbocycles. The Kier molecular flexibility index (Phi) is 6.12. The van der Waals surface area contributed by atoms with Gasteiger partial charge >= 0.3 is 0 Å². The number of benzene rings is 2. The van der Waals surface area contributed by atoms with Crippen LogP contribution in [-0.2, 0) is 14.8 Å². The highest BCUT2D eigenvalue weighted by Gasteiger charge is 2.14. The Morgan fingerprint density at radius 1 is 1.08 bits per heavy atom. The second-order valence-electron chi connectivity index (χ2n) is 6.04. The average molecular weight is 358 g/mol. The van der Waals surface area contributed by atoms with Gasteiger partial charge in [0.1, 0.15) is 0 Å². The molecular weight excluding hydrogens is 336 g/mol. The van der Waals surface area contributed by atoms with Gasteiger partial charge in [-0.3, -0.25) is 4.79 Å². The molecule has 0 radical (unpaired) electrons. The normalized spacial score (nSPS) is 11.8.